The monoisotopic (exact) mass is 467 g/mol. The van der Waals surface area contributed by atoms with Gasteiger partial charge in [0.05, 0.1) is 6.04 Å². The zero-order valence-electron chi connectivity index (χ0n) is 18.2. The molecule has 0 radical (unpaired) electrons. The fourth-order valence-electron chi connectivity index (χ4n) is 2.91. The summed E-state index contributed by atoms with van der Waals surface area (Å²) in [7, 11) is 0. The molecule has 2 amide bonds. The molecule has 2 rings (SSSR count). The average Bonchev–Trinajstić information content (AvgIpc) is 2.75. The van der Waals surface area contributed by atoms with E-state index in [4.69, 9.17) is 4.74 Å². The highest BCUT2D eigenvalue weighted by Gasteiger charge is 2.45. The molecule has 2 aromatic rings. The molecule has 0 aliphatic carbocycles. The van der Waals surface area contributed by atoms with E-state index in [1.165, 1.54) is 32.9 Å². The van der Waals surface area contributed by atoms with Crippen molar-refractivity contribution in [2.45, 2.75) is 46.1 Å². The summed E-state index contributed by atoms with van der Waals surface area (Å²) in [6.45, 7) is 3.55. The maximum atomic E-state index is 12.8. The number of benzene rings is 1. The number of carbonyl (C=O) groups is 3. The topological polar surface area (TPSA) is 106 Å². The highest BCUT2D eigenvalue weighted by molar-refractivity contribution is 5.93. The summed E-state index contributed by atoms with van der Waals surface area (Å²) < 4.78 is 44.4. The summed E-state index contributed by atoms with van der Waals surface area (Å²) in [4.78, 5) is 48.7. The number of ether oxygens (including phenoxy) is 1. The van der Waals surface area contributed by atoms with Crippen molar-refractivity contribution < 1.29 is 32.3 Å². The minimum Gasteiger partial charge on any atom is -0.444 e. The standard InChI is InChI=1S/C22H24F3N3O5/c1-13(2)18(19(30)22(23,24)25)27-17(29)11-28-14(3)9-10-16(20(28)31)26-21(32)33-12-15-7-5-4-6-8-15/h4-10,13,18H,11-12H2,1-3H3,(H,26,32)(H,27,29). The number of ketones is 1. The second kappa shape index (κ2) is 10.8. The SMILES string of the molecule is Cc1ccc(NC(=O)OCc2ccccc2)c(=O)n1CC(=O)NC(C(=O)C(F)(F)F)C(C)C. The van der Waals surface area contributed by atoms with Crippen molar-refractivity contribution in [3.05, 3.63) is 64.1 Å². The first-order valence-electron chi connectivity index (χ1n) is 9.98. The van der Waals surface area contributed by atoms with Crippen LogP contribution in [0.1, 0.15) is 25.1 Å². The summed E-state index contributed by atoms with van der Waals surface area (Å²) in [6.07, 6.45) is -6.01. The largest absolute Gasteiger partial charge is 0.452 e. The van der Waals surface area contributed by atoms with Gasteiger partial charge in [-0.25, -0.2) is 4.79 Å². The molecule has 11 heteroatoms. The van der Waals surface area contributed by atoms with Crippen molar-refractivity contribution in [2.75, 3.05) is 5.32 Å². The number of nitrogens with zero attached hydrogens (tertiary/aromatic N) is 1. The number of hydrogen-bond donors (Lipinski definition) is 2. The molecule has 0 saturated carbocycles. The Balaban J connectivity index is 2.10. The Morgan fingerprint density at radius 1 is 1.06 bits per heavy atom. The van der Waals surface area contributed by atoms with Crippen molar-refractivity contribution >= 4 is 23.5 Å². The van der Waals surface area contributed by atoms with Crippen LogP contribution in [-0.2, 0) is 27.5 Å². The van der Waals surface area contributed by atoms with Crippen molar-refractivity contribution in [2.24, 2.45) is 5.92 Å². The minimum absolute atomic E-state index is 0.0288. The molecule has 1 aromatic carbocycles. The van der Waals surface area contributed by atoms with Gasteiger partial charge in [-0.2, -0.15) is 13.2 Å². The van der Waals surface area contributed by atoms with Crippen molar-refractivity contribution in [1.82, 2.24) is 9.88 Å². The highest BCUT2D eigenvalue weighted by Crippen LogP contribution is 2.21. The fraction of sp³-hybridized carbons (Fsp3) is 0.364. The molecule has 0 bridgehead atoms. The molecule has 0 saturated heterocycles. The van der Waals surface area contributed by atoms with Crippen molar-refractivity contribution in [1.29, 1.82) is 0 Å². The van der Waals surface area contributed by atoms with Crippen LogP contribution in [0, 0.1) is 12.8 Å². The Labute approximate surface area is 187 Å². The summed E-state index contributed by atoms with van der Waals surface area (Å²) >= 11 is 0. The summed E-state index contributed by atoms with van der Waals surface area (Å²) in [5.74, 6) is -3.86. The number of amides is 2. The highest BCUT2D eigenvalue weighted by atomic mass is 19.4. The first-order valence-corrected chi connectivity index (χ1v) is 9.98. The number of carbonyl (C=O) groups excluding carboxylic acids is 3. The number of aromatic nitrogens is 1. The van der Waals surface area contributed by atoms with Gasteiger partial charge in [0.25, 0.3) is 11.3 Å². The second-order valence-electron chi connectivity index (χ2n) is 7.62. The van der Waals surface area contributed by atoms with Gasteiger partial charge in [-0.15, -0.1) is 0 Å². The minimum atomic E-state index is -5.11. The number of hydrogen-bond acceptors (Lipinski definition) is 5. The Hall–Kier alpha value is -3.63. The van der Waals surface area contributed by atoms with Gasteiger partial charge >= 0.3 is 12.3 Å². The van der Waals surface area contributed by atoms with Crippen LogP contribution >= 0.6 is 0 Å². The lowest BCUT2D eigenvalue weighted by Crippen LogP contribution is -2.51. The quantitative estimate of drug-likeness (QED) is 0.620. The molecule has 1 unspecified atom stereocenters. The van der Waals surface area contributed by atoms with Crippen molar-refractivity contribution in [3.63, 3.8) is 0 Å². The van der Waals surface area contributed by atoms with E-state index < -0.39 is 48.0 Å². The molecule has 33 heavy (non-hydrogen) atoms. The Morgan fingerprint density at radius 2 is 1.70 bits per heavy atom. The number of aryl methyl sites for hydroxylation is 1. The van der Waals surface area contributed by atoms with Crippen LogP contribution in [0.15, 0.2) is 47.3 Å². The van der Waals surface area contributed by atoms with Crippen LogP contribution in [0.5, 0.6) is 0 Å². The van der Waals surface area contributed by atoms with E-state index >= 15 is 0 Å². The molecule has 2 N–H and O–H groups in total. The maximum Gasteiger partial charge on any atom is 0.452 e. The molecule has 8 nitrogen and oxygen atoms in total. The average molecular weight is 467 g/mol. The van der Waals surface area contributed by atoms with E-state index in [1.54, 1.807) is 30.3 Å². The lowest BCUT2D eigenvalue weighted by molar-refractivity contribution is -0.174. The third-order valence-electron chi connectivity index (χ3n) is 4.69. The van der Waals surface area contributed by atoms with E-state index in [9.17, 15) is 32.3 Å². The zero-order chi connectivity index (χ0) is 24.8. The molecule has 0 aliphatic rings. The number of Topliss-reactive ketones (excluding diaryl/α,β-unsaturated/α-hetero) is 1. The Bertz CT molecular complexity index is 1070. The summed E-state index contributed by atoms with van der Waals surface area (Å²) in [5.41, 5.74) is 0.114. The smallest absolute Gasteiger partial charge is 0.444 e. The molecule has 1 aromatic heterocycles. The fourth-order valence-corrected chi connectivity index (χ4v) is 2.91. The second-order valence-corrected chi connectivity index (χ2v) is 7.62. The van der Waals surface area contributed by atoms with Gasteiger partial charge in [0, 0.05) is 5.69 Å². The van der Waals surface area contributed by atoms with Crippen LogP contribution < -0.4 is 16.2 Å². The normalized spacial score (nSPS) is 12.2. The van der Waals surface area contributed by atoms with Crippen LogP contribution in [0.2, 0.25) is 0 Å². The van der Waals surface area contributed by atoms with E-state index in [2.05, 4.69) is 5.32 Å². The van der Waals surface area contributed by atoms with Crippen LogP contribution in [0.4, 0.5) is 23.7 Å². The van der Waals surface area contributed by atoms with E-state index in [0.29, 0.717) is 5.69 Å². The van der Waals surface area contributed by atoms with E-state index in [1.807, 2.05) is 5.32 Å². The van der Waals surface area contributed by atoms with Gasteiger partial charge in [0.15, 0.2) is 0 Å². The number of alkyl halides is 3. The number of nitrogens with one attached hydrogen (secondary N) is 2. The van der Waals surface area contributed by atoms with Gasteiger partial charge in [0.2, 0.25) is 5.91 Å². The first-order chi connectivity index (χ1) is 15.4. The number of pyridine rings is 1. The molecule has 0 fully saturated rings. The van der Waals surface area contributed by atoms with E-state index in [0.717, 1.165) is 10.1 Å². The lowest BCUT2D eigenvalue weighted by Gasteiger charge is -2.22. The third kappa shape index (κ3) is 7.19. The van der Waals surface area contributed by atoms with Gasteiger partial charge < -0.3 is 14.6 Å². The predicted molar refractivity (Wildman–Crippen MR) is 114 cm³/mol. The van der Waals surface area contributed by atoms with Crippen LogP contribution in [-0.4, -0.2) is 34.6 Å². The molecule has 178 valence electrons. The summed E-state index contributed by atoms with van der Waals surface area (Å²) in [5, 5.41) is 4.33. The lowest BCUT2D eigenvalue weighted by atomic mass is 9.99. The van der Waals surface area contributed by atoms with Crippen LogP contribution in [0.25, 0.3) is 0 Å². The molecule has 1 atom stereocenters. The predicted octanol–water partition coefficient (Wildman–Crippen LogP) is 3.18. The first kappa shape index (κ1) is 25.6. The van der Waals surface area contributed by atoms with Gasteiger partial charge in [-0.05, 0) is 30.5 Å². The molecule has 0 spiro atoms. The number of rotatable bonds is 8. The van der Waals surface area contributed by atoms with Crippen LogP contribution in [0.3, 0.4) is 0 Å². The number of halogens is 3. The molecule has 1 heterocycles. The maximum absolute atomic E-state index is 12.8. The molecular formula is C22H24F3N3O5. The molecule has 0 aliphatic heterocycles. The number of anilines is 1. The van der Waals surface area contributed by atoms with Gasteiger partial charge in [-0.1, -0.05) is 44.2 Å². The molecular weight excluding hydrogens is 443 g/mol. The van der Waals surface area contributed by atoms with Gasteiger partial charge in [-0.3, -0.25) is 19.7 Å². The Morgan fingerprint density at radius 3 is 2.27 bits per heavy atom. The summed E-state index contributed by atoms with van der Waals surface area (Å²) in [6, 6.07) is 9.82. The van der Waals surface area contributed by atoms with Gasteiger partial charge in [0.1, 0.15) is 18.8 Å². The van der Waals surface area contributed by atoms with E-state index in [-0.39, 0.29) is 12.3 Å². The Kier molecular flexibility index (Phi) is 8.38. The third-order valence-corrected chi connectivity index (χ3v) is 4.69. The van der Waals surface area contributed by atoms with Crippen molar-refractivity contribution in [3.8, 4) is 0 Å². The zero-order valence-corrected chi connectivity index (χ0v) is 18.2.